The van der Waals surface area contributed by atoms with Crippen LogP contribution in [-0.4, -0.2) is 33.0 Å². The van der Waals surface area contributed by atoms with E-state index in [1.807, 2.05) is 13.8 Å². The van der Waals surface area contributed by atoms with Gasteiger partial charge in [0.25, 0.3) is 11.5 Å². The molecule has 2 heterocycles. The molecule has 0 saturated heterocycles. The molecule has 10 heteroatoms. The lowest BCUT2D eigenvalue weighted by molar-refractivity contribution is 0.0935. The van der Waals surface area contributed by atoms with Gasteiger partial charge >= 0.3 is 5.69 Å². The van der Waals surface area contributed by atoms with Gasteiger partial charge in [0.2, 0.25) is 0 Å². The molecule has 1 unspecified atom stereocenters. The smallest absolute Gasteiger partial charge is 0.330 e. The summed E-state index contributed by atoms with van der Waals surface area (Å²) in [5, 5.41) is 3.17. The van der Waals surface area contributed by atoms with Gasteiger partial charge in [-0.15, -0.1) is 24.8 Å². The zero-order chi connectivity index (χ0) is 20.0. The minimum atomic E-state index is -0.573. The number of H-pyrrole nitrogens is 1. The summed E-state index contributed by atoms with van der Waals surface area (Å²) in [6.07, 6.45) is 4.12. The molecule has 2 aromatic rings. The third-order valence-electron chi connectivity index (χ3n) is 5.52. The van der Waals surface area contributed by atoms with E-state index >= 15 is 0 Å². The van der Waals surface area contributed by atoms with Crippen molar-refractivity contribution in [2.75, 3.05) is 6.54 Å². The van der Waals surface area contributed by atoms with Gasteiger partial charge in [-0.25, -0.2) is 9.78 Å². The number of rotatable bonds is 7. The number of amides is 1. The molecule has 2 aliphatic carbocycles. The van der Waals surface area contributed by atoms with E-state index in [0.717, 1.165) is 31.4 Å². The highest BCUT2D eigenvalue weighted by Gasteiger charge is 2.33. The van der Waals surface area contributed by atoms with E-state index in [2.05, 4.69) is 15.3 Å². The predicted molar refractivity (Wildman–Crippen MR) is 121 cm³/mol. The third-order valence-corrected chi connectivity index (χ3v) is 5.52. The van der Waals surface area contributed by atoms with Gasteiger partial charge in [0.15, 0.2) is 5.65 Å². The van der Waals surface area contributed by atoms with Gasteiger partial charge in [0.05, 0.1) is 10.9 Å². The van der Waals surface area contributed by atoms with Crippen LogP contribution in [0.1, 0.15) is 61.5 Å². The maximum atomic E-state index is 13.1. The zero-order valence-electron chi connectivity index (χ0n) is 17.1. The summed E-state index contributed by atoms with van der Waals surface area (Å²) in [6.45, 7) is 4.76. The summed E-state index contributed by atoms with van der Waals surface area (Å²) < 4.78 is 1.48. The average molecular weight is 458 g/mol. The number of carbonyl (C=O) groups excluding carboxylic acids is 1. The number of hydrogen-bond donors (Lipinski definition) is 3. The number of carbonyl (C=O) groups is 1. The molecule has 30 heavy (non-hydrogen) atoms. The quantitative estimate of drug-likeness (QED) is 0.585. The van der Waals surface area contributed by atoms with Crippen molar-refractivity contribution >= 4 is 41.8 Å². The van der Waals surface area contributed by atoms with Gasteiger partial charge in [-0.2, -0.15) is 0 Å². The van der Waals surface area contributed by atoms with E-state index in [0.29, 0.717) is 24.7 Å². The van der Waals surface area contributed by atoms with Crippen LogP contribution in [-0.2, 0) is 6.54 Å². The number of nitrogens with two attached hydrogens (primary N) is 1. The SMILES string of the molecule is CC(C)Cn1c(=O)[nH]c(=O)c2c(C(=O)NC(CN)C3CC3)cc(C3CC3)nc21.Cl.Cl. The summed E-state index contributed by atoms with van der Waals surface area (Å²) in [6, 6.07) is 1.62. The second-order valence-corrected chi connectivity index (χ2v) is 8.48. The number of hydrogen-bond acceptors (Lipinski definition) is 5. The van der Waals surface area contributed by atoms with E-state index in [1.54, 1.807) is 6.07 Å². The first-order valence-electron chi connectivity index (χ1n) is 10.1. The fraction of sp³-hybridized carbons (Fsp3) is 0.600. The van der Waals surface area contributed by atoms with E-state index in [9.17, 15) is 14.4 Å². The maximum absolute atomic E-state index is 13.1. The molecule has 2 aliphatic rings. The molecule has 2 saturated carbocycles. The van der Waals surface area contributed by atoms with Crippen molar-refractivity contribution in [1.29, 1.82) is 0 Å². The van der Waals surface area contributed by atoms with Crippen LogP contribution in [0.2, 0.25) is 0 Å². The largest absolute Gasteiger partial charge is 0.348 e. The number of nitrogens with zero attached hydrogens (tertiary/aromatic N) is 2. The molecule has 2 aromatic heterocycles. The Balaban J connectivity index is 0.00000160. The molecule has 0 aliphatic heterocycles. The number of nitrogens with one attached hydrogen (secondary N) is 2. The Bertz CT molecular complexity index is 1040. The van der Waals surface area contributed by atoms with Gasteiger partial charge in [0, 0.05) is 30.7 Å². The monoisotopic (exact) mass is 457 g/mol. The molecule has 0 aromatic carbocycles. The third kappa shape index (κ3) is 4.87. The Morgan fingerprint density at radius 2 is 1.93 bits per heavy atom. The fourth-order valence-electron chi connectivity index (χ4n) is 3.71. The normalized spacial score (nSPS) is 16.7. The van der Waals surface area contributed by atoms with Crippen molar-refractivity contribution in [2.24, 2.45) is 17.6 Å². The Morgan fingerprint density at radius 3 is 2.47 bits per heavy atom. The summed E-state index contributed by atoms with van der Waals surface area (Å²) in [5.41, 5.74) is 6.12. The highest BCUT2D eigenvalue weighted by atomic mass is 35.5. The van der Waals surface area contributed by atoms with Crippen LogP contribution in [0.3, 0.4) is 0 Å². The zero-order valence-corrected chi connectivity index (χ0v) is 18.8. The highest BCUT2D eigenvalue weighted by Crippen LogP contribution is 2.40. The van der Waals surface area contributed by atoms with Crippen LogP contribution in [0.4, 0.5) is 0 Å². The second-order valence-electron chi connectivity index (χ2n) is 8.48. The second kappa shape index (κ2) is 9.49. The Hall–Kier alpha value is -1.90. The molecule has 0 spiro atoms. The molecule has 1 atom stereocenters. The summed E-state index contributed by atoms with van der Waals surface area (Å²) in [7, 11) is 0. The molecule has 0 bridgehead atoms. The van der Waals surface area contributed by atoms with Crippen LogP contribution in [0.25, 0.3) is 11.0 Å². The van der Waals surface area contributed by atoms with Crippen molar-refractivity contribution in [3.05, 3.63) is 38.2 Å². The summed E-state index contributed by atoms with van der Waals surface area (Å²) in [4.78, 5) is 45.2. The van der Waals surface area contributed by atoms with Crippen molar-refractivity contribution in [2.45, 2.75) is 58.0 Å². The Morgan fingerprint density at radius 1 is 1.27 bits per heavy atom. The van der Waals surface area contributed by atoms with Gasteiger partial charge in [-0.3, -0.25) is 19.1 Å². The minimum Gasteiger partial charge on any atom is -0.348 e. The van der Waals surface area contributed by atoms with Crippen molar-refractivity contribution in [3.63, 3.8) is 0 Å². The van der Waals surface area contributed by atoms with E-state index < -0.39 is 11.2 Å². The van der Waals surface area contributed by atoms with Crippen LogP contribution in [0, 0.1) is 11.8 Å². The first-order chi connectivity index (χ1) is 13.4. The van der Waals surface area contributed by atoms with Crippen LogP contribution in [0.5, 0.6) is 0 Å². The van der Waals surface area contributed by atoms with E-state index in [1.165, 1.54) is 4.57 Å². The molecule has 4 N–H and O–H groups in total. The van der Waals surface area contributed by atoms with Gasteiger partial charge in [-0.05, 0) is 43.6 Å². The van der Waals surface area contributed by atoms with E-state index in [4.69, 9.17) is 5.73 Å². The Kier molecular flexibility index (Phi) is 7.71. The molecule has 4 rings (SSSR count). The molecular formula is C20H29Cl2N5O3. The number of aromatic amines is 1. The number of pyridine rings is 1. The molecule has 8 nitrogen and oxygen atoms in total. The lowest BCUT2D eigenvalue weighted by Gasteiger charge is -2.18. The van der Waals surface area contributed by atoms with Gasteiger partial charge < -0.3 is 11.1 Å². The number of fused-ring (bicyclic) bond motifs is 1. The van der Waals surface area contributed by atoms with Crippen molar-refractivity contribution in [3.8, 4) is 0 Å². The van der Waals surface area contributed by atoms with E-state index in [-0.39, 0.29) is 59.5 Å². The van der Waals surface area contributed by atoms with Gasteiger partial charge in [0.1, 0.15) is 0 Å². The highest BCUT2D eigenvalue weighted by molar-refractivity contribution is 6.05. The van der Waals surface area contributed by atoms with Crippen LogP contribution < -0.4 is 22.3 Å². The van der Waals surface area contributed by atoms with Crippen molar-refractivity contribution < 1.29 is 4.79 Å². The number of aromatic nitrogens is 3. The maximum Gasteiger partial charge on any atom is 0.330 e. The lowest BCUT2D eigenvalue weighted by atomic mass is 10.1. The number of halogens is 2. The predicted octanol–water partition coefficient (Wildman–Crippen LogP) is 1.93. The standard InChI is InChI=1S/C20H27N5O3.2ClH/c1-10(2)9-25-17-16(19(27)24-20(25)28)13(7-14(22-17)11-3-4-11)18(26)23-15(8-21)12-5-6-12;;/h7,10-12,15H,3-6,8-9,21H2,1-2H3,(H,23,26)(H,24,27,28);2*1H. The fourth-order valence-corrected chi connectivity index (χ4v) is 3.71. The summed E-state index contributed by atoms with van der Waals surface area (Å²) >= 11 is 0. The van der Waals surface area contributed by atoms with Crippen molar-refractivity contribution in [1.82, 2.24) is 19.9 Å². The van der Waals surface area contributed by atoms with Crippen LogP contribution >= 0.6 is 24.8 Å². The molecule has 166 valence electrons. The molecule has 0 radical (unpaired) electrons. The minimum absolute atomic E-state index is 0. The van der Waals surface area contributed by atoms with Gasteiger partial charge in [-0.1, -0.05) is 13.8 Å². The topological polar surface area (TPSA) is 123 Å². The lowest BCUT2D eigenvalue weighted by Crippen LogP contribution is -2.42. The molecule has 1 amide bonds. The average Bonchev–Trinajstić information content (AvgIpc) is 3.54. The summed E-state index contributed by atoms with van der Waals surface area (Å²) in [5.74, 6) is 0.553. The molecular weight excluding hydrogens is 429 g/mol. The van der Waals surface area contributed by atoms with Crippen LogP contribution in [0.15, 0.2) is 15.7 Å². The molecule has 2 fully saturated rings. The first kappa shape index (κ1) is 24.4. The first-order valence-corrected chi connectivity index (χ1v) is 10.1. The Labute approximate surface area is 186 Å².